The first-order valence-electron chi connectivity index (χ1n) is 9.65. The number of nitro benzene ring substituents is 1. The molecule has 1 atom stereocenters. The van der Waals surface area contributed by atoms with Crippen LogP contribution in [0.15, 0.2) is 23.4 Å². The zero-order valence-corrected chi connectivity index (χ0v) is 17.8. The zero-order valence-electron chi connectivity index (χ0n) is 17.0. The van der Waals surface area contributed by atoms with Gasteiger partial charge in [0.2, 0.25) is 0 Å². The molecular weight excluding hydrogens is 394 g/mol. The molecule has 1 unspecified atom stereocenters. The van der Waals surface area contributed by atoms with E-state index in [4.69, 9.17) is 21.7 Å². The summed E-state index contributed by atoms with van der Waals surface area (Å²) >= 11 is 5.51. The monoisotopic (exact) mass is 419 g/mol. The summed E-state index contributed by atoms with van der Waals surface area (Å²) in [5.74, 6) is 0.646. The lowest BCUT2D eigenvalue weighted by Gasteiger charge is -2.40. The summed E-state index contributed by atoms with van der Waals surface area (Å²) in [4.78, 5) is 26.1. The van der Waals surface area contributed by atoms with Gasteiger partial charge in [-0.05, 0) is 51.9 Å². The fourth-order valence-corrected chi connectivity index (χ4v) is 4.24. The minimum absolute atomic E-state index is 0.0128. The number of methoxy groups -OCH3 is 1. The number of benzene rings is 1. The van der Waals surface area contributed by atoms with Crippen molar-refractivity contribution in [1.29, 1.82) is 0 Å². The number of hydrogen-bond acceptors (Lipinski definition) is 6. The molecule has 1 aliphatic heterocycles. The summed E-state index contributed by atoms with van der Waals surface area (Å²) in [6, 6.07) is 2.23. The Labute approximate surface area is 175 Å². The summed E-state index contributed by atoms with van der Waals surface area (Å²) in [5.41, 5.74) is 1.60. The average molecular weight is 420 g/mol. The van der Waals surface area contributed by atoms with Gasteiger partial charge in [0.1, 0.15) is 0 Å². The van der Waals surface area contributed by atoms with Crippen LogP contribution in [0.4, 0.5) is 5.69 Å². The number of carbonyl (C=O) groups is 1. The highest BCUT2D eigenvalue weighted by Crippen LogP contribution is 2.44. The normalized spacial score (nSPS) is 19.2. The van der Waals surface area contributed by atoms with Crippen molar-refractivity contribution in [2.45, 2.75) is 52.2 Å². The van der Waals surface area contributed by atoms with Crippen LogP contribution < -0.4 is 14.8 Å². The third-order valence-corrected chi connectivity index (χ3v) is 5.39. The second kappa shape index (κ2) is 8.36. The molecule has 9 heteroatoms. The Morgan fingerprint density at radius 2 is 2.07 bits per heavy atom. The number of thiocarbonyl (C=S) groups is 1. The summed E-state index contributed by atoms with van der Waals surface area (Å²) in [5, 5.41) is 15.5. The minimum atomic E-state index is -0.700. The predicted octanol–water partition coefficient (Wildman–Crippen LogP) is 3.65. The first kappa shape index (κ1) is 21.0. The Kier molecular flexibility index (Phi) is 6.07. The van der Waals surface area contributed by atoms with E-state index in [1.807, 2.05) is 25.7 Å². The largest absolute Gasteiger partial charge is 0.493 e. The van der Waals surface area contributed by atoms with Crippen LogP contribution in [0.25, 0.3) is 0 Å². The van der Waals surface area contributed by atoms with Gasteiger partial charge in [-0.3, -0.25) is 14.9 Å². The van der Waals surface area contributed by atoms with Gasteiger partial charge in [-0.25, -0.2) is 0 Å². The van der Waals surface area contributed by atoms with Gasteiger partial charge in [0.25, 0.3) is 5.69 Å². The van der Waals surface area contributed by atoms with Crippen LogP contribution in [0, 0.1) is 10.1 Å². The molecule has 1 aliphatic carbocycles. The highest BCUT2D eigenvalue weighted by atomic mass is 32.1. The van der Waals surface area contributed by atoms with Crippen molar-refractivity contribution >= 4 is 28.8 Å². The Bertz CT molecular complexity index is 896. The summed E-state index contributed by atoms with van der Waals surface area (Å²) in [6.07, 6.45) is 1.73. The first-order chi connectivity index (χ1) is 13.8. The summed E-state index contributed by atoms with van der Waals surface area (Å²) in [7, 11) is 1.43. The van der Waals surface area contributed by atoms with Crippen molar-refractivity contribution in [2.75, 3.05) is 13.7 Å². The Hall–Kier alpha value is -2.68. The molecule has 1 heterocycles. The number of nitrogens with zero attached hydrogens (tertiary/aromatic N) is 2. The maximum atomic E-state index is 12.9. The highest BCUT2D eigenvalue weighted by Gasteiger charge is 2.40. The van der Waals surface area contributed by atoms with Crippen LogP contribution in [0.2, 0.25) is 0 Å². The number of allylic oxidation sites excluding steroid dienone is 1. The third kappa shape index (κ3) is 3.91. The second-order valence-corrected chi connectivity index (χ2v) is 7.64. The molecule has 0 amide bonds. The second-order valence-electron chi connectivity index (χ2n) is 7.25. The molecule has 0 aromatic heterocycles. The molecule has 8 nitrogen and oxygen atoms in total. The van der Waals surface area contributed by atoms with Crippen LogP contribution in [0.3, 0.4) is 0 Å². The fourth-order valence-electron chi connectivity index (χ4n) is 3.88. The molecule has 0 fully saturated rings. The van der Waals surface area contributed by atoms with E-state index in [0.29, 0.717) is 41.4 Å². The van der Waals surface area contributed by atoms with Gasteiger partial charge in [0.15, 0.2) is 22.4 Å². The van der Waals surface area contributed by atoms with Crippen LogP contribution in [-0.4, -0.2) is 40.5 Å². The SMILES string of the molecule is CCN1C(=S)NC(c2cc(OC(C)C)c(OC)cc2[N+](=O)[O-])C2=C1CCCC2=O. The van der Waals surface area contributed by atoms with Crippen LogP contribution in [0.5, 0.6) is 11.5 Å². The summed E-state index contributed by atoms with van der Waals surface area (Å²) < 4.78 is 11.1. The molecular formula is C20H25N3O5S. The van der Waals surface area contributed by atoms with Crippen LogP contribution in [-0.2, 0) is 4.79 Å². The van der Waals surface area contributed by atoms with Crippen molar-refractivity contribution in [3.63, 3.8) is 0 Å². The number of ketones is 1. The average Bonchev–Trinajstić information content (AvgIpc) is 2.66. The van der Waals surface area contributed by atoms with E-state index < -0.39 is 11.0 Å². The van der Waals surface area contributed by atoms with E-state index in [9.17, 15) is 14.9 Å². The van der Waals surface area contributed by atoms with Crippen LogP contribution >= 0.6 is 12.2 Å². The Morgan fingerprint density at radius 1 is 1.34 bits per heavy atom. The number of hydrogen-bond donors (Lipinski definition) is 1. The van der Waals surface area contributed by atoms with Crippen molar-refractivity contribution < 1.29 is 19.2 Å². The quantitative estimate of drug-likeness (QED) is 0.424. The third-order valence-electron chi connectivity index (χ3n) is 5.06. The zero-order chi connectivity index (χ0) is 21.3. The van der Waals surface area contributed by atoms with Gasteiger partial charge in [0.05, 0.1) is 35.8 Å². The van der Waals surface area contributed by atoms with Gasteiger partial charge < -0.3 is 19.7 Å². The molecule has 29 heavy (non-hydrogen) atoms. The van der Waals surface area contributed by atoms with E-state index in [-0.39, 0.29) is 23.3 Å². The molecule has 3 rings (SSSR count). The minimum Gasteiger partial charge on any atom is -0.493 e. The molecule has 0 radical (unpaired) electrons. The van der Waals surface area contributed by atoms with Gasteiger partial charge in [-0.2, -0.15) is 0 Å². The van der Waals surface area contributed by atoms with Gasteiger partial charge in [-0.15, -0.1) is 0 Å². The molecule has 0 saturated carbocycles. The Balaban J connectivity index is 2.23. The number of ether oxygens (including phenoxy) is 2. The number of nitrogens with one attached hydrogen (secondary N) is 1. The molecule has 0 saturated heterocycles. The lowest BCUT2D eigenvalue weighted by molar-refractivity contribution is -0.385. The van der Waals surface area contributed by atoms with E-state index in [1.165, 1.54) is 13.2 Å². The first-order valence-corrected chi connectivity index (χ1v) is 10.1. The molecule has 2 aliphatic rings. The van der Waals surface area contributed by atoms with E-state index in [0.717, 1.165) is 12.1 Å². The molecule has 0 spiro atoms. The molecule has 1 N–H and O–H groups in total. The number of rotatable bonds is 6. The number of nitro groups is 1. The maximum absolute atomic E-state index is 12.9. The summed E-state index contributed by atoms with van der Waals surface area (Å²) in [6.45, 7) is 6.30. The van der Waals surface area contributed by atoms with Crippen molar-refractivity contribution in [1.82, 2.24) is 10.2 Å². The lowest BCUT2D eigenvalue weighted by atomic mass is 9.84. The van der Waals surface area contributed by atoms with E-state index in [1.54, 1.807) is 6.07 Å². The smallest absolute Gasteiger partial charge is 0.279 e. The van der Waals surface area contributed by atoms with E-state index >= 15 is 0 Å². The number of Topliss-reactive ketones (excluding diaryl/α,β-unsaturated/α-hetero) is 1. The van der Waals surface area contributed by atoms with Crippen molar-refractivity contribution in [3.05, 3.63) is 39.1 Å². The maximum Gasteiger partial charge on any atom is 0.279 e. The predicted molar refractivity (Wildman–Crippen MR) is 112 cm³/mol. The highest BCUT2D eigenvalue weighted by molar-refractivity contribution is 7.80. The van der Waals surface area contributed by atoms with Crippen molar-refractivity contribution in [2.24, 2.45) is 0 Å². The fraction of sp³-hybridized carbons (Fsp3) is 0.500. The van der Waals surface area contributed by atoms with Gasteiger partial charge in [0, 0.05) is 24.2 Å². The van der Waals surface area contributed by atoms with Gasteiger partial charge >= 0.3 is 0 Å². The van der Waals surface area contributed by atoms with Crippen molar-refractivity contribution in [3.8, 4) is 11.5 Å². The molecule has 1 aromatic rings. The van der Waals surface area contributed by atoms with E-state index in [2.05, 4.69) is 5.32 Å². The molecule has 1 aromatic carbocycles. The molecule has 0 bridgehead atoms. The standard InChI is InChI=1S/C20H25N3O5S/c1-5-22-13-7-6-8-15(24)18(13)19(21-20(22)29)12-9-17(28-11(2)3)16(27-4)10-14(12)23(25)26/h9-11,19H,5-8H2,1-4H3,(H,21,29). The molecule has 156 valence electrons. The Morgan fingerprint density at radius 3 is 2.66 bits per heavy atom. The van der Waals surface area contributed by atoms with Gasteiger partial charge in [-0.1, -0.05) is 0 Å². The van der Waals surface area contributed by atoms with Crippen LogP contribution in [0.1, 0.15) is 51.6 Å². The lowest BCUT2D eigenvalue weighted by Crippen LogP contribution is -2.49. The number of carbonyl (C=O) groups excluding carboxylic acids is 1. The topological polar surface area (TPSA) is 93.9 Å².